The maximum Gasteiger partial charge on any atom is 0.119 e. The van der Waals surface area contributed by atoms with Gasteiger partial charge in [-0.15, -0.1) is 0 Å². The summed E-state index contributed by atoms with van der Waals surface area (Å²) in [6.45, 7) is 4.02. The van der Waals surface area contributed by atoms with Crippen molar-refractivity contribution in [1.29, 1.82) is 0 Å². The molecule has 0 aliphatic carbocycles. The predicted octanol–water partition coefficient (Wildman–Crippen LogP) is 2.57. The second-order valence-electron chi connectivity index (χ2n) is 5.15. The Morgan fingerprint density at radius 1 is 1.44 bits per heavy atom. The Kier molecular flexibility index (Phi) is 4.61. The first kappa shape index (κ1) is 13.4. The molecule has 1 fully saturated rings. The summed E-state index contributed by atoms with van der Waals surface area (Å²) in [6.07, 6.45) is 3.34. The van der Waals surface area contributed by atoms with Gasteiger partial charge in [-0.1, -0.05) is 19.1 Å². The summed E-state index contributed by atoms with van der Waals surface area (Å²) >= 11 is 0. The molecule has 0 bridgehead atoms. The number of nitrogens with two attached hydrogens (primary N) is 1. The number of rotatable bonds is 4. The Hall–Kier alpha value is -1.06. The van der Waals surface area contributed by atoms with E-state index in [2.05, 4.69) is 37.1 Å². The van der Waals surface area contributed by atoms with Crippen molar-refractivity contribution in [2.24, 2.45) is 5.73 Å². The molecule has 3 heteroatoms. The highest BCUT2D eigenvalue weighted by Gasteiger charge is 2.27. The zero-order valence-corrected chi connectivity index (χ0v) is 11.4. The first-order chi connectivity index (χ1) is 8.72. The molecule has 1 aromatic carbocycles. The topological polar surface area (TPSA) is 38.5 Å². The van der Waals surface area contributed by atoms with Crippen LogP contribution in [0.25, 0.3) is 0 Å². The van der Waals surface area contributed by atoms with Crippen LogP contribution >= 0.6 is 0 Å². The van der Waals surface area contributed by atoms with Crippen molar-refractivity contribution in [3.05, 3.63) is 29.8 Å². The summed E-state index contributed by atoms with van der Waals surface area (Å²) in [6, 6.07) is 8.94. The van der Waals surface area contributed by atoms with Crippen molar-refractivity contribution in [3.8, 4) is 5.75 Å². The van der Waals surface area contributed by atoms with Crippen LogP contribution in [0.2, 0.25) is 0 Å². The van der Waals surface area contributed by atoms with E-state index in [1.54, 1.807) is 0 Å². The summed E-state index contributed by atoms with van der Waals surface area (Å²) in [5.41, 5.74) is 7.55. The first-order valence-electron chi connectivity index (χ1n) is 6.91. The lowest BCUT2D eigenvalue weighted by atomic mass is 9.91. The fourth-order valence-electron chi connectivity index (χ4n) is 2.71. The van der Waals surface area contributed by atoms with Gasteiger partial charge in [0.25, 0.3) is 0 Å². The molecule has 18 heavy (non-hydrogen) atoms. The third kappa shape index (κ3) is 3.03. The van der Waals surface area contributed by atoms with Gasteiger partial charge in [0, 0.05) is 12.1 Å². The monoisotopic (exact) mass is 248 g/mol. The second kappa shape index (κ2) is 6.21. The average Bonchev–Trinajstić information content (AvgIpc) is 2.37. The number of nitrogens with zero attached hydrogens (tertiary/aromatic N) is 1. The minimum absolute atomic E-state index is 0.227. The number of likely N-dealkylation sites (tertiary alicyclic amines) is 1. The van der Waals surface area contributed by atoms with E-state index in [1.165, 1.54) is 12.0 Å². The first-order valence-corrected chi connectivity index (χ1v) is 6.91. The van der Waals surface area contributed by atoms with Crippen molar-refractivity contribution in [3.63, 3.8) is 0 Å². The lowest BCUT2D eigenvalue weighted by molar-refractivity contribution is 0.162. The quantitative estimate of drug-likeness (QED) is 0.890. The molecule has 1 saturated heterocycles. The average molecular weight is 248 g/mol. The highest BCUT2D eigenvalue weighted by atomic mass is 16.5. The highest BCUT2D eigenvalue weighted by molar-refractivity contribution is 5.31. The van der Waals surface area contributed by atoms with Gasteiger partial charge in [-0.3, -0.25) is 4.90 Å². The molecule has 2 unspecified atom stereocenters. The summed E-state index contributed by atoms with van der Waals surface area (Å²) in [4.78, 5) is 2.35. The smallest absolute Gasteiger partial charge is 0.119 e. The number of benzene rings is 1. The third-order valence-corrected chi connectivity index (χ3v) is 3.60. The van der Waals surface area contributed by atoms with Gasteiger partial charge in [0.15, 0.2) is 0 Å². The number of ether oxygens (including phenoxy) is 1. The van der Waals surface area contributed by atoms with E-state index in [0.717, 1.165) is 31.7 Å². The summed E-state index contributed by atoms with van der Waals surface area (Å²) < 4.78 is 5.70. The van der Waals surface area contributed by atoms with E-state index >= 15 is 0 Å². The van der Waals surface area contributed by atoms with E-state index < -0.39 is 0 Å². The number of likely N-dealkylation sites (N-methyl/N-ethyl adjacent to an activating group) is 1. The maximum absolute atomic E-state index is 6.27. The van der Waals surface area contributed by atoms with Crippen LogP contribution in [0.5, 0.6) is 5.75 Å². The van der Waals surface area contributed by atoms with Gasteiger partial charge in [0.05, 0.1) is 6.61 Å². The molecule has 2 atom stereocenters. The van der Waals surface area contributed by atoms with Crippen LogP contribution < -0.4 is 10.5 Å². The molecular weight excluding hydrogens is 224 g/mol. The normalized spacial score (nSPS) is 25.1. The number of hydrogen-bond donors (Lipinski definition) is 1. The van der Waals surface area contributed by atoms with Gasteiger partial charge >= 0.3 is 0 Å². The molecule has 1 heterocycles. The van der Waals surface area contributed by atoms with Crippen LogP contribution in [-0.2, 0) is 0 Å². The standard InChI is InChI=1S/C15H24N2O/c1-3-10-18-13-7-4-6-12(11-13)15-14(16)8-5-9-17(15)2/h4,6-7,11,14-15H,3,5,8-10,16H2,1-2H3. The van der Waals surface area contributed by atoms with E-state index in [1.807, 2.05) is 6.07 Å². The maximum atomic E-state index is 6.27. The molecule has 0 spiro atoms. The van der Waals surface area contributed by atoms with E-state index in [0.29, 0.717) is 6.04 Å². The molecule has 3 nitrogen and oxygen atoms in total. The minimum atomic E-state index is 0.227. The van der Waals surface area contributed by atoms with Crippen LogP contribution in [0, 0.1) is 0 Å². The van der Waals surface area contributed by atoms with Gasteiger partial charge in [0.2, 0.25) is 0 Å². The van der Waals surface area contributed by atoms with Gasteiger partial charge < -0.3 is 10.5 Å². The molecule has 1 aromatic rings. The van der Waals surface area contributed by atoms with E-state index in [4.69, 9.17) is 10.5 Å². The van der Waals surface area contributed by atoms with Crippen molar-refractivity contribution in [1.82, 2.24) is 4.90 Å². The van der Waals surface area contributed by atoms with Crippen molar-refractivity contribution < 1.29 is 4.74 Å². The van der Waals surface area contributed by atoms with Crippen LogP contribution in [-0.4, -0.2) is 31.1 Å². The largest absolute Gasteiger partial charge is 0.494 e. The Morgan fingerprint density at radius 3 is 3.00 bits per heavy atom. The van der Waals surface area contributed by atoms with Crippen molar-refractivity contribution in [2.45, 2.75) is 38.3 Å². The summed E-state index contributed by atoms with van der Waals surface area (Å²) in [7, 11) is 2.16. The number of piperidine rings is 1. The molecule has 0 aromatic heterocycles. The van der Waals surface area contributed by atoms with Crippen LogP contribution in [0.15, 0.2) is 24.3 Å². The predicted molar refractivity (Wildman–Crippen MR) is 74.8 cm³/mol. The number of hydrogen-bond acceptors (Lipinski definition) is 3. The van der Waals surface area contributed by atoms with Gasteiger partial charge in [-0.25, -0.2) is 0 Å². The lowest BCUT2D eigenvalue weighted by Crippen LogP contribution is -2.43. The lowest BCUT2D eigenvalue weighted by Gasteiger charge is -2.37. The Morgan fingerprint density at radius 2 is 2.28 bits per heavy atom. The van der Waals surface area contributed by atoms with Crippen LogP contribution in [0.3, 0.4) is 0 Å². The highest BCUT2D eigenvalue weighted by Crippen LogP contribution is 2.30. The molecule has 2 rings (SSSR count). The Balaban J connectivity index is 2.15. The Bertz CT molecular complexity index is 371. The van der Waals surface area contributed by atoms with Crippen LogP contribution in [0.4, 0.5) is 0 Å². The van der Waals surface area contributed by atoms with Crippen molar-refractivity contribution in [2.75, 3.05) is 20.2 Å². The molecule has 0 saturated carbocycles. The van der Waals surface area contributed by atoms with Gasteiger partial charge in [-0.2, -0.15) is 0 Å². The molecule has 1 aliphatic rings. The molecule has 0 radical (unpaired) electrons. The van der Waals surface area contributed by atoms with Crippen LogP contribution in [0.1, 0.15) is 37.8 Å². The Labute approximate surface area is 110 Å². The molecule has 2 N–H and O–H groups in total. The van der Waals surface area contributed by atoms with Gasteiger partial charge in [-0.05, 0) is 50.6 Å². The fraction of sp³-hybridized carbons (Fsp3) is 0.600. The van der Waals surface area contributed by atoms with E-state index in [9.17, 15) is 0 Å². The zero-order valence-electron chi connectivity index (χ0n) is 11.4. The SMILES string of the molecule is CCCOc1cccc(C2C(N)CCCN2C)c1. The molecule has 0 amide bonds. The minimum Gasteiger partial charge on any atom is -0.494 e. The molecule has 100 valence electrons. The molecule has 1 aliphatic heterocycles. The summed E-state index contributed by atoms with van der Waals surface area (Å²) in [5, 5.41) is 0. The zero-order chi connectivity index (χ0) is 13.0. The summed E-state index contributed by atoms with van der Waals surface area (Å²) in [5.74, 6) is 0.959. The molecular formula is C15H24N2O. The van der Waals surface area contributed by atoms with E-state index in [-0.39, 0.29) is 6.04 Å². The third-order valence-electron chi connectivity index (χ3n) is 3.60. The second-order valence-corrected chi connectivity index (χ2v) is 5.15. The fourth-order valence-corrected chi connectivity index (χ4v) is 2.71. The van der Waals surface area contributed by atoms with Crippen molar-refractivity contribution >= 4 is 0 Å². The van der Waals surface area contributed by atoms with Gasteiger partial charge in [0.1, 0.15) is 5.75 Å².